The van der Waals surface area contributed by atoms with E-state index in [9.17, 15) is 18.0 Å². The Kier molecular flexibility index (Phi) is 6.21. The zero-order valence-corrected chi connectivity index (χ0v) is 18.2. The minimum Gasteiger partial charge on any atom is -0.347 e. The summed E-state index contributed by atoms with van der Waals surface area (Å²) in [4.78, 5) is 25.0. The first-order valence-corrected chi connectivity index (χ1v) is 12.5. The summed E-state index contributed by atoms with van der Waals surface area (Å²) >= 11 is 1.13. The van der Waals surface area contributed by atoms with E-state index in [2.05, 4.69) is 10.6 Å². The summed E-state index contributed by atoms with van der Waals surface area (Å²) < 4.78 is 27.4. The fourth-order valence-electron chi connectivity index (χ4n) is 3.52. The monoisotopic (exact) mass is 447 g/mol. The van der Waals surface area contributed by atoms with Gasteiger partial charge in [0, 0.05) is 31.2 Å². The summed E-state index contributed by atoms with van der Waals surface area (Å²) in [5.41, 5.74) is 1.53. The Morgan fingerprint density at radius 1 is 1.10 bits per heavy atom. The molecule has 0 bridgehead atoms. The summed E-state index contributed by atoms with van der Waals surface area (Å²) in [5, 5.41) is 7.34. The standard InChI is InChI=1S/C21H25N3O4S2/c25-20(16-7-8-16)23-17-6-4-5-15(13-17)14-22-21(26)19-18(9-12-29-19)30(27,28)24-10-2-1-3-11-24/h4-6,9,12-13,16H,1-3,7-8,10-11,14H2,(H,22,26)(H,23,25). The second kappa shape index (κ2) is 8.87. The molecule has 160 valence electrons. The number of amides is 2. The van der Waals surface area contributed by atoms with Gasteiger partial charge in [-0.05, 0) is 54.8 Å². The number of sulfonamides is 1. The van der Waals surface area contributed by atoms with Crippen LogP contribution in [0, 0.1) is 5.92 Å². The molecule has 0 atom stereocenters. The van der Waals surface area contributed by atoms with Gasteiger partial charge in [-0.3, -0.25) is 9.59 Å². The molecular formula is C21H25N3O4S2. The van der Waals surface area contributed by atoms with E-state index in [1.165, 1.54) is 10.4 Å². The number of carbonyl (C=O) groups is 2. The number of nitrogens with zero attached hydrogens (tertiary/aromatic N) is 1. The summed E-state index contributed by atoms with van der Waals surface area (Å²) in [6, 6.07) is 8.82. The van der Waals surface area contributed by atoms with Crippen molar-refractivity contribution in [1.82, 2.24) is 9.62 Å². The van der Waals surface area contributed by atoms with Crippen molar-refractivity contribution in [2.45, 2.75) is 43.5 Å². The molecule has 2 aliphatic rings. The minimum absolute atomic E-state index is 0.0299. The van der Waals surface area contributed by atoms with E-state index in [-0.39, 0.29) is 28.1 Å². The highest BCUT2D eigenvalue weighted by Gasteiger charge is 2.31. The van der Waals surface area contributed by atoms with E-state index in [0.29, 0.717) is 18.8 Å². The van der Waals surface area contributed by atoms with Crippen molar-refractivity contribution in [2.24, 2.45) is 5.92 Å². The third-order valence-electron chi connectivity index (χ3n) is 5.36. The van der Waals surface area contributed by atoms with Gasteiger partial charge in [0.25, 0.3) is 5.91 Å². The lowest BCUT2D eigenvalue weighted by Crippen LogP contribution is -2.36. The molecule has 1 aliphatic heterocycles. The lowest BCUT2D eigenvalue weighted by Gasteiger charge is -2.25. The van der Waals surface area contributed by atoms with Gasteiger partial charge in [0.05, 0.1) is 0 Å². The summed E-state index contributed by atoms with van der Waals surface area (Å²) in [6.07, 6.45) is 4.59. The van der Waals surface area contributed by atoms with Gasteiger partial charge in [-0.2, -0.15) is 4.31 Å². The second-order valence-corrected chi connectivity index (χ2v) is 10.5. The first kappa shape index (κ1) is 21.0. The molecule has 1 aromatic heterocycles. The predicted octanol–water partition coefficient (Wildman–Crippen LogP) is 3.20. The van der Waals surface area contributed by atoms with Crippen molar-refractivity contribution >= 4 is 38.9 Å². The number of anilines is 1. The molecule has 0 unspecified atom stereocenters. The quantitative estimate of drug-likeness (QED) is 0.681. The number of rotatable bonds is 7. The van der Waals surface area contributed by atoms with E-state index in [1.807, 2.05) is 24.3 Å². The molecule has 0 spiro atoms. The summed E-state index contributed by atoms with van der Waals surface area (Å²) in [7, 11) is -3.66. The second-order valence-electron chi connectivity index (χ2n) is 7.73. The smallest absolute Gasteiger partial charge is 0.263 e. The maximum atomic E-state index is 13.0. The van der Waals surface area contributed by atoms with E-state index in [1.54, 1.807) is 5.38 Å². The zero-order chi connectivity index (χ0) is 21.1. The number of hydrogen-bond acceptors (Lipinski definition) is 5. The number of thiophene rings is 1. The maximum Gasteiger partial charge on any atom is 0.263 e. The minimum atomic E-state index is -3.66. The predicted molar refractivity (Wildman–Crippen MR) is 116 cm³/mol. The van der Waals surface area contributed by atoms with E-state index < -0.39 is 15.9 Å². The number of nitrogens with one attached hydrogen (secondary N) is 2. The Bertz CT molecular complexity index is 1040. The van der Waals surface area contributed by atoms with Crippen molar-refractivity contribution in [1.29, 1.82) is 0 Å². The van der Waals surface area contributed by atoms with Crippen LogP contribution in [0.5, 0.6) is 0 Å². The molecule has 0 radical (unpaired) electrons. The molecule has 2 heterocycles. The molecule has 1 aromatic carbocycles. The van der Waals surface area contributed by atoms with Gasteiger partial charge in [0.2, 0.25) is 15.9 Å². The van der Waals surface area contributed by atoms with E-state index >= 15 is 0 Å². The molecule has 4 rings (SSSR count). The lowest BCUT2D eigenvalue weighted by molar-refractivity contribution is -0.117. The number of benzene rings is 1. The Hall–Kier alpha value is -2.23. The number of carbonyl (C=O) groups excluding carboxylic acids is 2. The molecule has 9 heteroatoms. The highest BCUT2D eigenvalue weighted by Crippen LogP contribution is 2.30. The van der Waals surface area contributed by atoms with Crippen molar-refractivity contribution < 1.29 is 18.0 Å². The Balaban J connectivity index is 1.42. The maximum absolute atomic E-state index is 13.0. The number of piperidine rings is 1. The average Bonchev–Trinajstić information content (AvgIpc) is 3.49. The topological polar surface area (TPSA) is 95.6 Å². The van der Waals surface area contributed by atoms with Gasteiger partial charge >= 0.3 is 0 Å². The van der Waals surface area contributed by atoms with Gasteiger partial charge in [0.1, 0.15) is 9.77 Å². The van der Waals surface area contributed by atoms with Crippen LogP contribution in [0.2, 0.25) is 0 Å². The molecule has 30 heavy (non-hydrogen) atoms. The largest absolute Gasteiger partial charge is 0.347 e. The Labute approximate surface area is 180 Å². The van der Waals surface area contributed by atoms with E-state index in [0.717, 1.165) is 49.0 Å². The first-order valence-electron chi connectivity index (χ1n) is 10.2. The third-order valence-corrected chi connectivity index (χ3v) is 8.35. The van der Waals surface area contributed by atoms with Crippen LogP contribution in [-0.2, 0) is 21.4 Å². The van der Waals surface area contributed by atoms with Crippen LogP contribution in [0.25, 0.3) is 0 Å². The average molecular weight is 448 g/mol. The van der Waals surface area contributed by atoms with Crippen LogP contribution < -0.4 is 10.6 Å². The molecule has 2 fully saturated rings. The van der Waals surface area contributed by atoms with Crippen LogP contribution in [0.1, 0.15) is 47.3 Å². The van der Waals surface area contributed by atoms with Crippen LogP contribution in [0.3, 0.4) is 0 Å². The fraction of sp³-hybridized carbons (Fsp3) is 0.429. The molecular weight excluding hydrogens is 422 g/mol. The van der Waals surface area contributed by atoms with Crippen molar-refractivity contribution in [3.63, 3.8) is 0 Å². The fourth-order valence-corrected chi connectivity index (χ4v) is 6.36. The van der Waals surface area contributed by atoms with Crippen LogP contribution in [0.4, 0.5) is 5.69 Å². The zero-order valence-electron chi connectivity index (χ0n) is 16.6. The summed E-state index contributed by atoms with van der Waals surface area (Å²) in [5.74, 6) is -0.261. The van der Waals surface area contributed by atoms with Gasteiger partial charge in [-0.1, -0.05) is 18.6 Å². The first-order chi connectivity index (χ1) is 14.4. The van der Waals surface area contributed by atoms with Crippen molar-refractivity contribution in [3.8, 4) is 0 Å². The van der Waals surface area contributed by atoms with Crippen LogP contribution in [-0.4, -0.2) is 37.6 Å². The van der Waals surface area contributed by atoms with Gasteiger partial charge in [0.15, 0.2) is 0 Å². The molecule has 2 aromatic rings. The Morgan fingerprint density at radius 2 is 1.87 bits per heavy atom. The molecule has 1 saturated heterocycles. The molecule has 2 amide bonds. The SMILES string of the molecule is O=C(NCc1cccc(NC(=O)C2CC2)c1)c1sccc1S(=O)(=O)N1CCCCC1. The normalized spacial score (nSPS) is 17.5. The van der Waals surface area contributed by atoms with Crippen LogP contribution in [0.15, 0.2) is 40.6 Å². The highest BCUT2D eigenvalue weighted by molar-refractivity contribution is 7.89. The van der Waals surface area contributed by atoms with E-state index in [4.69, 9.17) is 0 Å². The Morgan fingerprint density at radius 3 is 2.60 bits per heavy atom. The lowest BCUT2D eigenvalue weighted by atomic mass is 10.2. The van der Waals surface area contributed by atoms with Gasteiger partial charge < -0.3 is 10.6 Å². The third kappa shape index (κ3) is 4.74. The summed E-state index contributed by atoms with van der Waals surface area (Å²) in [6.45, 7) is 1.24. The van der Waals surface area contributed by atoms with Gasteiger partial charge in [-0.25, -0.2) is 8.42 Å². The molecule has 2 N–H and O–H groups in total. The van der Waals surface area contributed by atoms with Crippen LogP contribution >= 0.6 is 11.3 Å². The molecule has 1 aliphatic carbocycles. The molecule has 1 saturated carbocycles. The number of hydrogen-bond donors (Lipinski definition) is 2. The molecule has 7 nitrogen and oxygen atoms in total. The highest BCUT2D eigenvalue weighted by atomic mass is 32.2. The van der Waals surface area contributed by atoms with Crippen molar-refractivity contribution in [2.75, 3.05) is 18.4 Å². The van der Waals surface area contributed by atoms with Gasteiger partial charge in [-0.15, -0.1) is 11.3 Å². The van der Waals surface area contributed by atoms with Crippen molar-refractivity contribution in [3.05, 3.63) is 46.2 Å².